The van der Waals surface area contributed by atoms with Gasteiger partial charge in [0.1, 0.15) is 6.04 Å². The monoisotopic (exact) mass is 316 g/mol. The molecule has 1 saturated heterocycles. The van der Waals surface area contributed by atoms with Crippen LogP contribution >= 0.6 is 11.8 Å². The number of carbonyl (C=O) groups excluding carboxylic acids is 2. The van der Waals surface area contributed by atoms with Gasteiger partial charge >= 0.3 is 0 Å². The second-order valence-corrected chi connectivity index (χ2v) is 8.16. The van der Waals surface area contributed by atoms with Crippen molar-refractivity contribution in [3.05, 3.63) is 0 Å². The molecule has 120 valence electrons. The molecule has 2 unspecified atom stereocenters. The van der Waals surface area contributed by atoms with Crippen LogP contribution in [0, 0.1) is 0 Å². The summed E-state index contributed by atoms with van der Waals surface area (Å²) in [6, 6.07) is -0.497. The topological polar surface area (TPSA) is 49.4 Å². The van der Waals surface area contributed by atoms with Crippen molar-refractivity contribution >= 4 is 23.6 Å². The van der Waals surface area contributed by atoms with Crippen molar-refractivity contribution in [1.29, 1.82) is 0 Å². The van der Waals surface area contributed by atoms with Crippen molar-refractivity contribution in [2.24, 2.45) is 0 Å². The summed E-state index contributed by atoms with van der Waals surface area (Å²) in [5, 5.41) is 2.68. The van der Waals surface area contributed by atoms with Gasteiger partial charge in [-0.3, -0.25) is 9.59 Å². The molecule has 0 aromatic heterocycles. The zero-order valence-electron chi connectivity index (χ0n) is 13.2. The number of carbonyl (C=O) groups is 2. The van der Waals surface area contributed by atoms with Gasteiger partial charge < -0.3 is 10.2 Å². The minimum Gasteiger partial charge on any atom is -0.340 e. The van der Waals surface area contributed by atoms with Gasteiger partial charge in [-0.25, -0.2) is 4.39 Å². The standard InChI is InChI=1S/C15H25FN2O2S/c1-10-6-5-9-18(10)12(19)11(14(2,3)21-4)17-13(20)15(16)7-8-15/h10-11H,5-9H2,1-4H3,(H,17,20). The molecule has 6 heteroatoms. The van der Waals surface area contributed by atoms with Crippen LogP contribution in [0.25, 0.3) is 0 Å². The van der Waals surface area contributed by atoms with Crippen molar-refractivity contribution in [3.8, 4) is 0 Å². The lowest BCUT2D eigenvalue weighted by molar-refractivity contribution is -0.139. The van der Waals surface area contributed by atoms with Crippen molar-refractivity contribution in [2.75, 3.05) is 12.8 Å². The second kappa shape index (κ2) is 5.78. The molecule has 2 fully saturated rings. The van der Waals surface area contributed by atoms with Crippen LogP contribution in [-0.2, 0) is 9.59 Å². The Hall–Kier alpha value is -0.780. The first-order valence-corrected chi connectivity index (χ1v) is 8.79. The van der Waals surface area contributed by atoms with Gasteiger partial charge in [-0.2, -0.15) is 11.8 Å². The van der Waals surface area contributed by atoms with Gasteiger partial charge in [-0.1, -0.05) is 0 Å². The lowest BCUT2D eigenvalue weighted by Gasteiger charge is -2.36. The number of likely N-dealkylation sites (tertiary alicyclic amines) is 1. The number of hydrogen-bond donors (Lipinski definition) is 1. The van der Waals surface area contributed by atoms with Gasteiger partial charge in [-0.05, 0) is 52.7 Å². The molecule has 0 spiro atoms. The highest BCUT2D eigenvalue weighted by Crippen LogP contribution is 2.40. The zero-order valence-corrected chi connectivity index (χ0v) is 14.1. The van der Waals surface area contributed by atoms with Gasteiger partial charge in [0, 0.05) is 17.3 Å². The fraction of sp³-hybridized carbons (Fsp3) is 0.867. The van der Waals surface area contributed by atoms with E-state index < -0.39 is 22.4 Å². The maximum atomic E-state index is 13.9. The smallest absolute Gasteiger partial charge is 0.258 e. The van der Waals surface area contributed by atoms with E-state index in [4.69, 9.17) is 0 Å². The summed E-state index contributed by atoms with van der Waals surface area (Å²) in [5.41, 5.74) is -1.75. The van der Waals surface area contributed by atoms with E-state index in [0.717, 1.165) is 19.4 Å². The van der Waals surface area contributed by atoms with Crippen LogP contribution in [0.2, 0.25) is 0 Å². The third-order valence-corrected chi connectivity index (χ3v) is 5.96. The summed E-state index contributed by atoms with van der Waals surface area (Å²) < 4.78 is 13.4. The van der Waals surface area contributed by atoms with Gasteiger partial charge in [0.2, 0.25) is 5.91 Å². The Balaban J connectivity index is 2.15. The predicted octanol–water partition coefficient (Wildman–Crippen LogP) is 2.13. The lowest BCUT2D eigenvalue weighted by atomic mass is 10.0. The average molecular weight is 316 g/mol. The van der Waals surface area contributed by atoms with Crippen molar-refractivity contribution in [3.63, 3.8) is 0 Å². The van der Waals surface area contributed by atoms with Crippen LogP contribution in [-0.4, -0.2) is 52.0 Å². The third kappa shape index (κ3) is 3.35. The molecule has 2 rings (SSSR count). The molecule has 1 aliphatic heterocycles. The van der Waals surface area contributed by atoms with E-state index in [0.29, 0.717) is 0 Å². The van der Waals surface area contributed by atoms with Crippen molar-refractivity contribution in [1.82, 2.24) is 10.2 Å². The molecule has 0 aromatic carbocycles. The SMILES string of the molecule is CSC(C)(C)C(NC(=O)C1(F)CC1)C(=O)N1CCCC1C. The quantitative estimate of drug-likeness (QED) is 0.845. The Morgan fingerprint density at radius 1 is 1.43 bits per heavy atom. The molecule has 2 amide bonds. The number of nitrogens with one attached hydrogen (secondary N) is 1. The van der Waals surface area contributed by atoms with Crippen LogP contribution in [0.4, 0.5) is 4.39 Å². The van der Waals surface area contributed by atoms with E-state index in [1.54, 1.807) is 0 Å². The number of rotatable bonds is 5. The molecule has 1 N–H and O–H groups in total. The summed E-state index contributed by atoms with van der Waals surface area (Å²) in [6.45, 7) is 6.57. The number of alkyl halides is 1. The first-order valence-electron chi connectivity index (χ1n) is 7.57. The molecule has 4 nitrogen and oxygen atoms in total. The summed E-state index contributed by atoms with van der Waals surface area (Å²) in [7, 11) is 0. The molecule has 21 heavy (non-hydrogen) atoms. The second-order valence-electron chi connectivity index (χ2n) is 6.70. The fourth-order valence-corrected chi connectivity index (χ4v) is 3.07. The minimum atomic E-state index is -1.75. The largest absolute Gasteiger partial charge is 0.340 e. The first-order chi connectivity index (χ1) is 9.71. The van der Waals surface area contributed by atoms with Crippen molar-refractivity contribution < 1.29 is 14.0 Å². The molecule has 0 radical (unpaired) electrons. The minimum absolute atomic E-state index is 0.0862. The van der Waals surface area contributed by atoms with Crippen LogP contribution in [0.3, 0.4) is 0 Å². The Kier molecular flexibility index (Phi) is 4.57. The molecule has 2 aliphatic rings. The van der Waals surface area contributed by atoms with E-state index in [1.807, 2.05) is 31.9 Å². The molecule has 0 aromatic rings. The van der Waals surface area contributed by atoms with Gasteiger partial charge in [0.15, 0.2) is 5.67 Å². The summed E-state index contributed by atoms with van der Waals surface area (Å²) in [6.07, 6.45) is 4.40. The molecular weight excluding hydrogens is 291 g/mol. The van der Waals surface area contributed by atoms with Crippen LogP contribution in [0.5, 0.6) is 0 Å². The van der Waals surface area contributed by atoms with Gasteiger partial charge in [0.05, 0.1) is 0 Å². The maximum absolute atomic E-state index is 13.9. The lowest BCUT2D eigenvalue weighted by Crippen LogP contribution is -2.59. The number of halogens is 1. The highest BCUT2D eigenvalue weighted by Gasteiger charge is 2.53. The molecular formula is C15H25FN2O2S. The van der Waals surface area contributed by atoms with E-state index in [2.05, 4.69) is 5.32 Å². The molecule has 1 heterocycles. The predicted molar refractivity (Wildman–Crippen MR) is 83.0 cm³/mol. The van der Waals surface area contributed by atoms with Crippen LogP contribution < -0.4 is 5.32 Å². The zero-order chi connectivity index (χ0) is 15.8. The summed E-state index contributed by atoms with van der Waals surface area (Å²) >= 11 is 1.51. The normalized spacial score (nSPS) is 25.6. The highest BCUT2D eigenvalue weighted by molar-refractivity contribution is 8.00. The number of thioether (sulfide) groups is 1. The van der Waals surface area contributed by atoms with Gasteiger partial charge in [-0.15, -0.1) is 0 Å². The highest BCUT2D eigenvalue weighted by atomic mass is 32.2. The summed E-state index contributed by atoms with van der Waals surface area (Å²) in [5.74, 6) is -0.716. The van der Waals surface area contributed by atoms with Crippen molar-refractivity contribution in [2.45, 2.75) is 69.0 Å². The number of amides is 2. The molecule has 2 atom stereocenters. The average Bonchev–Trinajstić information content (AvgIpc) is 3.04. The van der Waals surface area contributed by atoms with E-state index in [1.165, 1.54) is 11.8 Å². The van der Waals surface area contributed by atoms with Crippen LogP contribution in [0.1, 0.15) is 46.5 Å². The Morgan fingerprint density at radius 2 is 2.05 bits per heavy atom. The number of nitrogens with zero attached hydrogens (tertiary/aromatic N) is 1. The first kappa shape index (κ1) is 16.6. The molecule has 1 aliphatic carbocycles. The van der Waals surface area contributed by atoms with Gasteiger partial charge in [0.25, 0.3) is 5.91 Å². The molecule has 1 saturated carbocycles. The fourth-order valence-electron chi connectivity index (χ4n) is 2.67. The number of hydrogen-bond acceptors (Lipinski definition) is 3. The molecule has 0 bridgehead atoms. The Labute approximate surface area is 130 Å². The maximum Gasteiger partial charge on any atom is 0.258 e. The Bertz CT molecular complexity index is 437. The van der Waals surface area contributed by atoms with Crippen LogP contribution in [0.15, 0.2) is 0 Å². The Morgan fingerprint density at radius 3 is 2.48 bits per heavy atom. The van der Waals surface area contributed by atoms with E-state index in [-0.39, 0.29) is 24.8 Å². The van der Waals surface area contributed by atoms with E-state index in [9.17, 15) is 14.0 Å². The van der Waals surface area contributed by atoms with E-state index >= 15 is 0 Å². The summed E-state index contributed by atoms with van der Waals surface area (Å²) in [4.78, 5) is 26.7. The third-order valence-electron chi connectivity index (χ3n) is 4.68.